The van der Waals surface area contributed by atoms with Crippen molar-refractivity contribution in [1.29, 1.82) is 0 Å². The van der Waals surface area contributed by atoms with Crippen LogP contribution in [0.15, 0.2) is 48.5 Å². The summed E-state index contributed by atoms with van der Waals surface area (Å²) >= 11 is 0. The molecule has 22 heavy (non-hydrogen) atoms. The number of rotatable bonds is 3. The van der Waals surface area contributed by atoms with Gasteiger partial charge in [-0.05, 0) is 17.2 Å². The quantitative estimate of drug-likeness (QED) is 0.867. The Kier molecular flexibility index (Phi) is 3.51. The Morgan fingerprint density at radius 2 is 2.00 bits per heavy atom. The SMILES string of the molecule is COc1ccc2c(c1)OC[C@H]1CN(Cc3ccccc3)C[C@H]21. The van der Waals surface area contributed by atoms with E-state index < -0.39 is 0 Å². The molecule has 1 saturated heterocycles. The molecule has 0 radical (unpaired) electrons. The van der Waals surface area contributed by atoms with E-state index in [1.165, 1.54) is 11.1 Å². The third kappa shape index (κ3) is 2.46. The van der Waals surface area contributed by atoms with E-state index in [0.717, 1.165) is 37.7 Å². The molecule has 114 valence electrons. The summed E-state index contributed by atoms with van der Waals surface area (Å²) in [6.07, 6.45) is 0. The zero-order valence-corrected chi connectivity index (χ0v) is 12.9. The highest BCUT2D eigenvalue weighted by Gasteiger charge is 2.38. The monoisotopic (exact) mass is 295 g/mol. The summed E-state index contributed by atoms with van der Waals surface area (Å²) in [5, 5.41) is 0. The van der Waals surface area contributed by atoms with Crippen LogP contribution in [0, 0.1) is 5.92 Å². The van der Waals surface area contributed by atoms with Gasteiger partial charge in [-0.1, -0.05) is 36.4 Å². The maximum atomic E-state index is 5.97. The molecule has 3 nitrogen and oxygen atoms in total. The number of hydrogen-bond donors (Lipinski definition) is 0. The van der Waals surface area contributed by atoms with Crippen molar-refractivity contribution in [3.05, 3.63) is 59.7 Å². The molecule has 0 unspecified atom stereocenters. The normalized spacial score (nSPS) is 23.5. The topological polar surface area (TPSA) is 21.7 Å². The fraction of sp³-hybridized carbons (Fsp3) is 0.368. The lowest BCUT2D eigenvalue weighted by molar-refractivity contribution is 0.211. The molecule has 1 fully saturated rings. The van der Waals surface area contributed by atoms with E-state index in [-0.39, 0.29) is 0 Å². The van der Waals surface area contributed by atoms with Crippen LogP contribution in [0.1, 0.15) is 17.0 Å². The van der Waals surface area contributed by atoms with Gasteiger partial charge >= 0.3 is 0 Å². The summed E-state index contributed by atoms with van der Waals surface area (Å²) < 4.78 is 11.3. The van der Waals surface area contributed by atoms with Crippen molar-refractivity contribution >= 4 is 0 Å². The van der Waals surface area contributed by atoms with Crippen molar-refractivity contribution in [3.8, 4) is 11.5 Å². The van der Waals surface area contributed by atoms with Crippen LogP contribution in [-0.4, -0.2) is 31.7 Å². The Bertz CT molecular complexity index is 656. The molecule has 0 saturated carbocycles. The standard InChI is InChI=1S/C19H21NO2/c1-21-16-7-8-17-18-12-20(10-14-5-3-2-4-6-14)11-15(18)13-22-19(17)9-16/h2-9,15,18H,10-13H2,1H3/t15-,18+/m1/s1. The molecule has 2 aliphatic rings. The second-order valence-corrected chi connectivity index (χ2v) is 6.26. The molecule has 0 spiro atoms. The lowest BCUT2D eigenvalue weighted by Crippen LogP contribution is -2.25. The van der Waals surface area contributed by atoms with Crippen LogP contribution in [0.4, 0.5) is 0 Å². The summed E-state index contributed by atoms with van der Waals surface area (Å²) in [5.41, 5.74) is 2.73. The smallest absolute Gasteiger partial charge is 0.126 e. The minimum absolute atomic E-state index is 0.582. The number of benzene rings is 2. The fourth-order valence-corrected chi connectivity index (χ4v) is 3.72. The Morgan fingerprint density at radius 1 is 1.14 bits per heavy atom. The van der Waals surface area contributed by atoms with Crippen LogP contribution < -0.4 is 9.47 Å². The largest absolute Gasteiger partial charge is 0.497 e. The first kappa shape index (κ1) is 13.6. The van der Waals surface area contributed by atoms with Crippen LogP contribution >= 0.6 is 0 Å². The minimum atomic E-state index is 0.582. The summed E-state index contributed by atoms with van der Waals surface area (Å²) in [6, 6.07) is 17.0. The number of ether oxygens (including phenoxy) is 2. The molecule has 2 aromatic rings. The first-order chi connectivity index (χ1) is 10.8. The van der Waals surface area contributed by atoms with E-state index in [9.17, 15) is 0 Å². The number of fused-ring (bicyclic) bond motifs is 3. The highest BCUT2D eigenvalue weighted by Crippen LogP contribution is 2.43. The van der Waals surface area contributed by atoms with Gasteiger partial charge in [0.25, 0.3) is 0 Å². The van der Waals surface area contributed by atoms with Gasteiger partial charge in [-0.2, -0.15) is 0 Å². The highest BCUT2D eigenvalue weighted by molar-refractivity contribution is 5.45. The van der Waals surface area contributed by atoms with E-state index in [1.807, 2.05) is 12.1 Å². The summed E-state index contributed by atoms with van der Waals surface area (Å²) in [5.74, 6) is 3.06. The van der Waals surface area contributed by atoms with Crippen molar-refractivity contribution in [2.45, 2.75) is 12.5 Å². The maximum absolute atomic E-state index is 5.97. The van der Waals surface area contributed by atoms with E-state index >= 15 is 0 Å². The van der Waals surface area contributed by atoms with Crippen molar-refractivity contribution < 1.29 is 9.47 Å². The Balaban J connectivity index is 1.53. The molecule has 2 heterocycles. The van der Waals surface area contributed by atoms with Gasteiger partial charge in [0.2, 0.25) is 0 Å². The van der Waals surface area contributed by atoms with Crippen LogP contribution in [0.2, 0.25) is 0 Å². The first-order valence-electron chi connectivity index (χ1n) is 7.90. The average Bonchev–Trinajstić information content (AvgIpc) is 2.98. The molecule has 0 N–H and O–H groups in total. The van der Waals surface area contributed by atoms with Gasteiger partial charge in [0.05, 0.1) is 13.7 Å². The van der Waals surface area contributed by atoms with E-state index in [0.29, 0.717) is 11.8 Å². The first-order valence-corrected chi connectivity index (χ1v) is 7.90. The summed E-state index contributed by atoms with van der Waals surface area (Å²) in [7, 11) is 1.70. The molecule has 2 aliphatic heterocycles. The molecule has 0 aromatic heterocycles. The molecule has 4 rings (SSSR count). The zero-order chi connectivity index (χ0) is 14.9. The molecule has 0 aliphatic carbocycles. The lowest BCUT2D eigenvalue weighted by Gasteiger charge is -2.28. The molecule has 3 heteroatoms. The Labute approximate surface area is 131 Å². The van der Waals surface area contributed by atoms with Gasteiger partial charge in [-0.25, -0.2) is 0 Å². The second-order valence-electron chi connectivity index (χ2n) is 6.26. The van der Waals surface area contributed by atoms with E-state index in [4.69, 9.17) is 9.47 Å². The maximum Gasteiger partial charge on any atom is 0.126 e. The minimum Gasteiger partial charge on any atom is -0.497 e. The van der Waals surface area contributed by atoms with Crippen LogP contribution in [0.5, 0.6) is 11.5 Å². The predicted octanol–water partition coefficient (Wildman–Crippen LogP) is 3.30. The Hall–Kier alpha value is -2.00. The van der Waals surface area contributed by atoms with Crippen LogP contribution in [-0.2, 0) is 6.54 Å². The fourth-order valence-electron chi connectivity index (χ4n) is 3.72. The third-order valence-corrected chi connectivity index (χ3v) is 4.84. The number of methoxy groups -OCH3 is 1. The van der Waals surface area contributed by atoms with E-state index in [2.05, 4.69) is 41.3 Å². The third-order valence-electron chi connectivity index (χ3n) is 4.84. The van der Waals surface area contributed by atoms with Crippen molar-refractivity contribution in [2.75, 3.05) is 26.8 Å². The van der Waals surface area contributed by atoms with Crippen LogP contribution in [0.3, 0.4) is 0 Å². The number of likely N-dealkylation sites (tertiary alicyclic amines) is 1. The number of hydrogen-bond acceptors (Lipinski definition) is 3. The van der Waals surface area contributed by atoms with Gasteiger partial charge in [0, 0.05) is 37.5 Å². The zero-order valence-electron chi connectivity index (χ0n) is 12.9. The van der Waals surface area contributed by atoms with Crippen molar-refractivity contribution in [2.24, 2.45) is 5.92 Å². The molecule has 2 aromatic carbocycles. The summed E-state index contributed by atoms with van der Waals surface area (Å²) in [6.45, 7) is 4.07. The highest BCUT2D eigenvalue weighted by atomic mass is 16.5. The average molecular weight is 295 g/mol. The second kappa shape index (κ2) is 5.65. The number of nitrogens with zero attached hydrogens (tertiary/aromatic N) is 1. The summed E-state index contributed by atoms with van der Waals surface area (Å²) in [4.78, 5) is 2.55. The van der Waals surface area contributed by atoms with E-state index in [1.54, 1.807) is 7.11 Å². The molecule has 2 atom stereocenters. The van der Waals surface area contributed by atoms with Crippen molar-refractivity contribution in [1.82, 2.24) is 4.90 Å². The molecule has 0 bridgehead atoms. The predicted molar refractivity (Wildman–Crippen MR) is 86.4 cm³/mol. The molecular weight excluding hydrogens is 274 g/mol. The van der Waals surface area contributed by atoms with Gasteiger partial charge in [-0.15, -0.1) is 0 Å². The van der Waals surface area contributed by atoms with Crippen molar-refractivity contribution in [3.63, 3.8) is 0 Å². The van der Waals surface area contributed by atoms with Gasteiger partial charge in [-0.3, -0.25) is 4.90 Å². The lowest BCUT2D eigenvalue weighted by atomic mass is 9.87. The van der Waals surface area contributed by atoms with Gasteiger partial charge in [0.15, 0.2) is 0 Å². The molecular formula is C19H21NO2. The molecule has 0 amide bonds. The van der Waals surface area contributed by atoms with Gasteiger partial charge in [0.1, 0.15) is 11.5 Å². The van der Waals surface area contributed by atoms with Crippen LogP contribution in [0.25, 0.3) is 0 Å². The Morgan fingerprint density at radius 3 is 2.82 bits per heavy atom. The van der Waals surface area contributed by atoms with Gasteiger partial charge < -0.3 is 9.47 Å².